The molecule has 0 aliphatic rings. The van der Waals surface area contributed by atoms with E-state index in [1.165, 1.54) is 25.7 Å². The van der Waals surface area contributed by atoms with Crippen LogP contribution in [0.5, 0.6) is 0 Å². The van der Waals surface area contributed by atoms with Gasteiger partial charge in [-0.1, -0.05) is 58.8 Å². The standard InChI is InChI=1S/C21H40NO10P/c1-3-5-6-7-8-9-10-11-13-20(25)30-14-17(23)15-31-33(28,29)32-16-18(21(26)27)22-19(24)12-4-2/h17-18,23H,3-16H2,1-2H3,(H,22,24)(H,26,27)(H,28,29). The molecule has 1 amide bonds. The first-order valence-corrected chi connectivity index (χ1v) is 13.1. The van der Waals surface area contributed by atoms with Crippen molar-refractivity contribution in [3.05, 3.63) is 0 Å². The van der Waals surface area contributed by atoms with Crippen molar-refractivity contribution in [1.29, 1.82) is 0 Å². The second-order valence-corrected chi connectivity index (χ2v) is 9.28. The number of ether oxygens (including phenoxy) is 1. The number of aliphatic hydroxyl groups excluding tert-OH is 1. The van der Waals surface area contributed by atoms with Gasteiger partial charge in [0.25, 0.3) is 0 Å². The summed E-state index contributed by atoms with van der Waals surface area (Å²) in [6, 6.07) is -1.53. The summed E-state index contributed by atoms with van der Waals surface area (Å²) in [7, 11) is -4.70. The minimum atomic E-state index is -4.70. The van der Waals surface area contributed by atoms with Gasteiger partial charge in [0, 0.05) is 12.8 Å². The molecular weight excluding hydrogens is 457 g/mol. The zero-order chi connectivity index (χ0) is 25.1. The van der Waals surface area contributed by atoms with Crippen molar-refractivity contribution in [2.24, 2.45) is 0 Å². The second-order valence-electron chi connectivity index (χ2n) is 7.83. The van der Waals surface area contributed by atoms with Crippen LogP contribution in [-0.4, -0.2) is 64.9 Å². The number of carbonyl (C=O) groups excluding carboxylic acids is 2. The number of hydrogen-bond acceptors (Lipinski definition) is 8. The average molecular weight is 498 g/mol. The van der Waals surface area contributed by atoms with Gasteiger partial charge in [-0.15, -0.1) is 0 Å². The highest BCUT2D eigenvalue weighted by Crippen LogP contribution is 2.43. The van der Waals surface area contributed by atoms with E-state index in [0.717, 1.165) is 19.3 Å². The van der Waals surface area contributed by atoms with E-state index in [0.29, 0.717) is 12.8 Å². The molecule has 33 heavy (non-hydrogen) atoms. The van der Waals surface area contributed by atoms with Crippen LogP contribution in [0.4, 0.5) is 0 Å². The number of amides is 1. The highest BCUT2D eigenvalue weighted by Gasteiger charge is 2.28. The number of phosphoric acid groups is 1. The topological polar surface area (TPSA) is 169 Å². The maximum atomic E-state index is 11.9. The number of aliphatic carboxylic acids is 1. The molecule has 4 N–H and O–H groups in total. The SMILES string of the molecule is CCCCCCCCCCC(=O)OCC(O)COP(=O)(O)OCC(NC(=O)CCC)C(=O)O. The third-order valence-corrected chi connectivity index (χ3v) is 5.57. The van der Waals surface area contributed by atoms with Crippen molar-refractivity contribution < 1.29 is 47.8 Å². The van der Waals surface area contributed by atoms with Crippen molar-refractivity contribution in [3.63, 3.8) is 0 Å². The zero-order valence-electron chi connectivity index (χ0n) is 19.7. The van der Waals surface area contributed by atoms with Gasteiger partial charge in [0.1, 0.15) is 12.7 Å². The number of aliphatic hydroxyl groups is 1. The number of phosphoric ester groups is 1. The molecule has 12 heteroatoms. The van der Waals surface area contributed by atoms with E-state index in [4.69, 9.17) is 9.84 Å². The molecule has 11 nitrogen and oxygen atoms in total. The van der Waals surface area contributed by atoms with Crippen LogP contribution in [-0.2, 0) is 32.7 Å². The van der Waals surface area contributed by atoms with Crippen molar-refractivity contribution in [1.82, 2.24) is 5.32 Å². The molecule has 0 aromatic rings. The van der Waals surface area contributed by atoms with E-state index in [-0.39, 0.29) is 12.8 Å². The number of carboxylic acid groups (broad SMARTS) is 1. The van der Waals surface area contributed by atoms with Crippen molar-refractivity contribution >= 4 is 25.7 Å². The second kappa shape index (κ2) is 18.9. The number of unbranched alkanes of at least 4 members (excludes halogenated alkanes) is 7. The molecule has 0 aliphatic heterocycles. The minimum Gasteiger partial charge on any atom is -0.480 e. The highest BCUT2D eigenvalue weighted by molar-refractivity contribution is 7.47. The summed E-state index contributed by atoms with van der Waals surface area (Å²) in [4.78, 5) is 44.0. The fourth-order valence-corrected chi connectivity index (χ4v) is 3.54. The van der Waals surface area contributed by atoms with Crippen LogP contribution in [0.15, 0.2) is 0 Å². The van der Waals surface area contributed by atoms with Crippen LogP contribution in [0.25, 0.3) is 0 Å². The van der Waals surface area contributed by atoms with Crippen molar-refractivity contribution in [3.8, 4) is 0 Å². The van der Waals surface area contributed by atoms with Gasteiger partial charge in [0.2, 0.25) is 5.91 Å². The largest absolute Gasteiger partial charge is 0.480 e. The maximum absolute atomic E-state index is 11.9. The lowest BCUT2D eigenvalue weighted by molar-refractivity contribution is -0.147. The number of carbonyl (C=O) groups is 3. The minimum absolute atomic E-state index is 0.0982. The monoisotopic (exact) mass is 497 g/mol. The van der Waals surface area contributed by atoms with Crippen molar-refractivity contribution in [2.75, 3.05) is 19.8 Å². The molecule has 0 radical (unpaired) electrons. The molecule has 0 saturated carbocycles. The number of carboxylic acids is 1. The smallest absolute Gasteiger partial charge is 0.472 e. The van der Waals surface area contributed by atoms with Crippen molar-refractivity contribution in [2.45, 2.75) is 96.6 Å². The van der Waals surface area contributed by atoms with Gasteiger partial charge in [-0.3, -0.25) is 18.6 Å². The number of rotatable bonds is 21. The summed E-state index contributed by atoms with van der Waals surface area (Å²) < 4.78 is 26.0. The Hall–Kier alpha value is -1.52. The number of hydrogen-bond donors (Lipinski definition) is 4. The average Bonchev–Trinajstić information content (AvgIpc) is 2.75. The van der Waals surface area contributed by atoms with E-state index in [1.54, 1.807) is 6.92 Å². The normalized spacial score (nSPS) is 14.8. The van der Waals surface area contributed by atoms with Gasteiger partial charge < -0.3 is 25.2 Å². The molecule has 0 spiro atoms. The zero-order valence-corrected chi connectivity index (χ0v) is 20.6. The van der Waals surface area contributed by atoms with Crippen LogP contribution in [0, 0.1) is 0 Å². The summed E-state index contributed by atoms with van der Waals surface area (Å²) in [5.74, 6) is -2.45. The van der Waals surface area contributed by atoms with Crippen LogP contribution in [0.1, 0.15) is 84.5 Å². The van der Waals surface area contributed by atoms with Gasteiger partial charge in [0.15, 0.2) is 6.04 Å². The molecule has 0 rings (SSSR count). The lowest BCUT2D eigenvalue weighted by Gasteiger charge is -2.18. The Morgan fingerprint density at radius 1 is 0.848 bits per heavy atom. The Labute approximate surface area is 195 Å². The van der Waals surface area contributed by atoms with Gasteiger partial charge >= 0.3 is 19.8 Å². The van der Waals surface area contributed by atoms with Gasteiger partial charge in [-0.25, -0.2) is 9.36 Å². The van der Waals surface area contributed by atoms with E-state index < -0.39 is 57.6 Å². The Morgan fingerprint density at radius 2 is 1.42 bits per heavy atom. The molecule has 0 saturated heterocycles. The van der Waals surface area contributed by atoms with Gasteiger partial charge in [0.05, 0.1) is 13.2 Å². The van der Waals surface area contributed by atoms with Crippen LogP contribution < -0.4 is 5.32 Å². The summed E-state index contributed by atoms with van der Waals surface area (Å²) in [5, 5.41) is 21.0. The molecule has 0 aliphatic carbocycles. The maximum Gasteiger partial charge on any atom is 0.472 e. The molecule has 0 heterocycles. The van der Waals surface area contributed by atoms with E-state index in [9.17, 15) is 28.9 Å². The number of nitrogens with one attached hydrogen (secondary N) is 1. The molecule has 3 unspecified atom stereocenters. The highest BCUT2D eigenvalue weighted by atomic mass is 31.2. The van der Waals surface area contributed by atoms with Crippen LogP contribution in [0.2, 0.25) is 0 Å². The fourth-order valence-electron chi connectivity index (χ4n) is 2.77. The summed E-state index contributed by atoms with van der Waals surface area (Å²) in [5.41, 5.74) is 0. The first-order chi connectivity index (χ1) is 15.6. The molecule has 194 valence electrons. The Bertz CT molecular complexity index is 616. The van der Waals surface area contributed by atoms with Crippen LogP contribution >= 0.6 is 7.82 Å². The third kappa shape index (κ3) is 18.6. The van der Waals surface area contributed by atoms with E-state index >= 15 is 0 Å². The Kier molecular flexibility index (Phi) is 18.0. The van der Waals surface area contributed by atoms with E-state index in [2.05, 4.69) is 21.3 Å². The Balaban J connectivity index is 4.05. The summed E-state index contributed by atoms with van der Waals surface area (Å²) in [6.45, 7) is 2.02. The molecule has 0 fully saturated rings. The summed E-state index contributed by atoms with van der Waals surface area (Å²) >= 11 is 0. The number of esters is 1. The first-order valence-electron chi connectivity index (χ1n) is 11.6. The lowest BCUT2D eigenvalue weighted by Crippen LogP contribution is -2.43. The van der Waals surface area contributed by atoms with E-state index in [1.807, 2.05) is 0 Å². The third-order valence-electron chi connectivity index (χ3n) is 4.62. The first kappa shape index (κ1) is 31.5. The van der Waals surface area contributed by atoms with Gasteiger partial charge in [-0.05, 0) is 12.8 Å². The lowest BCUT2D eigenvalue weighted by atomic mass is 10.1. The molecule has 0 bridgehead atoms. The predicted molar refractivity (Wildman–Crippen MR) is 120 cm³/mol. The summed E-state index contributed by atoms with van der Waals surface area (Å²) in [6.07, 6.45) is 8.17. The van der Waals surface area contributed by atoms with Gasteiger partial charge in [-0.2, -0.15) is 0 Å². The molecular formula is C21H40NO10P. The molecule has 0 aromatic heterocycles. The molecule has 3 atom stereocenters. The molecule has 0 aromatic carbocycles. The predicted octanol–water partition coefficient (Wildman–Crippen LogP) is 2.92. The van der Waals surface area contributed by atoms with Crippen LogP contribution in [0.3, 0.4) is 0 Å². The quantitative estimate of drug-likeness (QED) is 0.105. The fraction of sp³-hybridized carbons (Fsp3) is 0.857. The Morgan fingerprint density at radius 3 is 2.00 bits per heavy atom.